The van der Waals surface area contributed by atoms with Crippen molar-refractivity contribution in [3.8, 4) is 0 Å². The monoisotopic (exact) mass is 263 g/mol. The van der Waals surface area contributed by atoms with Crippen molar-refractivity contribution in [3.63, 3.8) is 0 Å². The van der Waals surface area contributed by atoms with Crippen LogP contribution < -0.4 is 5.32 Å². The number of hydrogen-bond donors (Lipinski definition) is 1. The van der Waals surface area contributed by atoms with Crippen LogP contribution in [0.25, 0.3) is 0 Å². The van der Waals surface area contributed by atoms with Gasteiger partial charge in [0, 0.05) is 12.6 Å². The van der Waals surface area contributed by atoms with Crippen LogP contribution in [0.15, 0.2) is 0 Å². The molecule has 0 heterocycles. The molecule has 2 saturated carbocycles. The minimum absolute atomic E-state index is 0.303. The standard InChI is InChI=1S/C14H24F3N/c1-13(8-2-3-9-13)10-18-12-6-4-11(5-7-12)14(15,16)17/h11-12,18H,2-10H2,1H3. The van der Waals surface area contributed by atoms with E-state index in [4.69, 9.17) is 0 Å². The van der Waals surface area contributed by atoms with Crippen molar-refractivity contribution >= 4 is 0 Å². The summed E-state index contributed by atoms with van der Waals surface area (Å²) in [6, 6.07) is 0.307. The molecule has 0 radical (unpaired) electrons. The van der Waals surface area contributed by atoms with E-state index in [1.165, 1.54) is 25.7 Å². The molecule has 2 aliphatic carbocycles. The topological polar surface area (TPSA) is 12.0 Å². The van der Waals surface area contributed by atoms with Crippen molar-refractivity contribution in [2.24, 2.45) is 11.3 Å². The van der Waals surface area contributed by atoms with E-state index in [2.05, 4.69) is 12.2 Å². The highest BCUT2D eigenvalue weighted by atomic mass is 19.4. The van der Waals surface area contributed by atoms with Crippen LogP contribution in [0.5, 0.6) is 0 Å². The van der Waals surface area contributed by atoms with E-state index in [1.807, 2.05) is 0 Å². The summed E-state index contributed by atoms with van der Waals surface area (Å²) in [5, 5.41) is 3.51. The van der Waals surface area contributed by atoms with Crippen molar-refractivity contribution in [2.75, 3.05) is 6.54 Å². The van der Waals surface area contributed by atoms with Crippen LogP contribution in [-0.2, 0) is 0 Å². The van der Waals surface area contributed by atoms with Gasteiger partial charge in [0.2, 0.25) is 0 Å². The summed E-state index contributed by atoms with van der Waals surface area (Å²) in [5.74, 6) is -1.06. The minimum atomic E-state index is -3.98. The normalized spacial score (nSPS) is 32.7. The Bertz CT molecular complexity index is 261. The van der Waals surface area contributed by atoms with Gasteiger partial charge < -0.3 is 5.32 Å². The lowest BCUT2D eigenvalue weighted by Crippen LogP contribution is -2.41. The molecule has 0 aliphatic heterocycles. The smallest absolute Gasteiger partial charge is 0.313 e. The van der Waals surface area contributed by atoms with Gasteiger partial charge in [0.25, 0.3) is 0 Å². The third-order valence-electron chi connectivity index (χ3n) is 4.82. The second-order valence-corrected chi connectivity index (χ2v) is 6.49. The summed E-state index contributed by atoms with van der Waals surface area (Å²) in [7, 11) is 0. The summed E-state index contributed by atoms with van der Waals surface area (Å²) in [5.41, 5.74) is 0.390. The second-order valence-electron chi connectivity index (χ2n) is 6.49. The van der Waals surface area contributed by atoms with Crippen LogP contribution in [0.4, 0.5) is 13.2 Å². The molecule has 1 nitrogen and oxygen atoms in total. The first-order valence-corrected chi connectivity index (χ1v) is 7.19. The molecule has 0 aromatic rings. The molecule has 1 N–H and O–H groups in total. The zero-order valence-electron chi connectivity index (χ0n) is 11.2. The average molecular weight is 263 g/mol. The first-order valence-electron chi connectivity index (χ1n) is 7.19. The van der Waals surface area contributed by atoms with Gasteiger partial charge in [0.05, 0.1) is 5.92 Å². The Morgan fingerprint density at radius 1 is 1.06 bits per heavy atom. The maximum Gasteiger partial charge on any atom is 0.391 e. The third-order valence-corrected chi connectivity index (χ3v) is 4.82. The first-order chi connectivity index (χ1) is 8.39. The van der Waals surface area contributed by atoms with Crippen molar-refractivity contribution in [1.82, 2.24) is 5.32 Å². The van der Waals surface area contributed by atoms with E-state index in [9.17, 15) is 13.2 Å². The van der Waals surface area contributed by atoms with Gasteiger partial charge in [0.1, 0.15) is 0 Å². The maximum atomic E-state index is 12.5. The van der Waals surface area contributed by atoms with Gasteiger partial charge in [-0.1, -0.05) is 19.8 Å². The lowest BCUT2D eigenvalue weighted by atomic mass is 9.84. The van der Waals surface area contributed by atoms with Crippen molar-refractivity contribution in [3.05, 3.63) is 0 Å². The Labute approximate surface area is 108 Å². The summed E-state index contributed by atoms with van der Waals surface area (Å²) in [6.45, 7) is 3.28. The Morgan fingerprint density at radius 3 is 2.11 bits per heavy atom. The molecule has 4 heteroatoms. The van der Waals surface area contributed by atoms with Gasteiger partial charge in [-0.15, -0.1) is 0 Å². The van der Waals surface area contributed by atoms with Gasteiger partial charge in [-0.3, -0.25) is 0 Å². The largest absolute Gasteiger partial charge is 0.391 e. The predicted molar refractivity (Wildman–Crippen MR) is 66.4 cm³/mol. The number of rotatable bonds is 3. The molecular formula is C14H24F3N. The number of halogens is 3. The molecular weight excluding hydrogens is 239 g/mol. The summed E-state index contributed by atoms with van der Waals surface area (Å²) < 4.78 is 37.6. The van der Waals surface area contributed by atoms with Crippen molar-refractivity contribution in [2.45, 2.75) is 70.5 Å². The molecule has 0 atom stereocenters. The minimum Gasteiger partial charge on any atom is -0.313 e. The molecule has 0 spiro atoms. The Balaban J connectivity index is 1.71. The third kappa shape index (κ3) is 3.62. The molecule has 106 valence electrons. The van der Waals surface area contributed by atoms with Gasteiger partial charge >= 0.3 is 6.18 Å². The fourth-order valence-corrected chi connectivity index (χ4v) is 3.42. The van der Waals surface area contributed by atoms with E-state index >= 15 is 0 Å². The second kappa shape index (κ2) is 5.40. The summed E-state index contributed by atoms with van der Waals surface area (Å²) in [4.78, 5) is 0. The SMILES string of the molecule is CC1(CNC2CCC(C(F)(F)F)CC2)CCCC1. The zero-order chi connectivity index (χ0) is 13.2. The lowest BCUT2D eigenvalue weighted by Gasteiger charge is -2.33. The Morgan fingerprint density at radius 2 is 1.61 bits per heavy atom. The number of alkyl halides is 3. The van der Waals surface area contributed by atoms with E-state index in [0.29, 0.717) is 37.1 Å². The lowest BCUT2D eigenvalue weighted by molar-refractivity contribution is -0.182. The Kier molecular flexibility index (Phi) is 4.25. The first kappa shape index (κ1) is 14.2. The maximum absolute atomic E-state index is 12.5. The van der Waals surface area contributed by atoms with Gasteiger partial charge in [-0.2, -0.15) is 13.2 Å². The van der Waals surface area contributed by atoms with Crippen LogP contribution in [0.2, 0.25) is 0 Å². The van der Waals surface area contributed by atoms with E-state index in [-0.39, 0.29) is 0 Å². The predicted octanol–water partition coefficient (Wildman–Crippen LogP) is 4.28. The molecule has 0 aromatic heterocycles. The highest BCUT2D eigenvalue weighted by Gasteiger charge is 2.41. The fourth-order valence-electron chi connectivity index (χ4n) is 3.42. The van der Waals surface area contributed by atoms with Gasteiger partial charge in [-0.05, 0) is 43.9 Å². The van der Waals surface area contributed by atoms with Crippen molar-refractivity contribution < 1.29 is 13.2 Å². The fraction of sp³-hybridized carbons (Fsp3) is 1.00. The van der Waals surface area contributed by atoms with Crippen molar-refractivity contribution in [1.29, 1.82) is 0 Å². The zero-order valence-corrected chi connectivity index (χ0v) is 11.2. The highest BCUT2D eigenvalue weighted by molar-refractivity contribution is 4.86. The Hall–Kier alpha value is -0.250. The van der Waals surface area contributed by atoms with Crippen LogP contribution in [0, 0.1) is 11.3 Å². The molecule has 0 aromatic carbocycles. The molecule has 18 heavy (non-hydrogen) atoms. The molecule has 2 aliphatic rings. The van der Waals surface area contributed by atoms with Crippen LogP contribution in [0.1, 0.15) is 58.3 Å². The molecule has 2 rings (SSSR count). The van der Waals surface area contributed by atoms with E-state index in [0.717, 1.165) is 6.54 Å². The van der Waals surface area contributed by atoms with Gasteiger partial charge in [-0.25, -0.2) is 0 Å². The molecule has 2 fully saturated rings. The average Bonchev–Trinajstić information content (AvgIpc) is 2.74. The van der Waals surface area contributed by atoms with E-state index in [1.54, 1.807) is 0 Å². The summed E-state index contributed by atoms with van der Waals surface area (Å²) >= 11 is 0. The quantitative estimate of drug-likeness (QED) is 0.801. The number of hydrogen-bond acceptors (Lipinski definition) is 1. The molecule has 0 amide bonds. The van der Waals surface area contributed by atoms with Crippen LogP contribution in [0.3, 0.4) is 0 Å². The van der Waals surface area contributed by atoms with Crippen LogP contribution in [-0.4, -0.2) is 18.8 Å². The van der Waals surface area contributed by atoms with Crippen LogP contribution >= 0.6 is 0 Å². The highest BCUT2D eigenvalue weighted by Crippen LogP contribution is 2.39. The molecule has 0 bridgehead atoms. The molecule has 0 saturated heterocycles. The van der Waals surface area contributed by atoms with Gasteiger partial charge in [0.15, 0.2) is 0 Å². The van der Waals surface area contributed by atoms with E-state index < -0.39 is 12.1 Å². The molecule has 0 unspecified atom stereocenters. The summed E-state index contributed by atoms with van der Waals surface area (Å²) in [6.07, 6.45) is 3.12. The number of nitrogens with one attached hydrogen (secondary N) is 1.